The number of carbonyl (C=O) groups is 2. The van der Waals surface area contributed by atoms with E-state index in [2.05, 4.69) is 10.2 Å². The second-order valence-electron chi connectivity index (χ2n) is 5.11. The molecule has 8 nitrogen and oxygen atoms in total. The third kappa shape index (κ3) is 4.88. The normalized spacial score (nSPS) is 11.2. The zero-order valence-corrected chi connectivity index (χ0v) is 15.0. The molecular weight excluding hydrogens is 360 g/mol. The van der Waals surface area contributed by atoms with Crippen LogP contribution < -0.4 is 5.32 Å². The van der Waals surface area contributed by atoms with Crippen LogP contribution in [0.15, 0.2) is 59.5 Å². The number of nitrogens with one attached hydrogen (secondary N) is 1. The summed E-state index contributed by atoms with van der Waals surface area (Å²) >= 11 is 0. The monoisotopic (exact) mass is 378 g/mol. The highest BCUT2D eigenvalue weighted by molar-refractivity contribution is 7.89. The molecule has 0 atom stereocenters. The smallest absolute Gasteiger partial charge is 0.338 e. The highest BCUT2D eigenvalue weighted by Gasteiger charge is 2.21. The van der Waals surface area contributed by atoms with E-state index in [0.717, 1.165) is 0 Å². The Morgan fingerprint density at radius 3 is 2.23 bits per heavy atom. The number of hydroxylamine groups is 1. The molecule has 2 aromatic rings. The predicted octanol–water partition coefficient (Wildman–Crippen LogP) is 1.66. The second kappa shape index (κ2) is 8.56. The van der Waals surface area contributed by atoms with Gasteiger partial charge in [-0.25, -0.2) is 13.2 Å². The summed E-state index contributed by atoms with van der Waals surface area (Å²) in [7, 11) is -1.32. The Kier molecular flexibility index (Phi) is 6.45. The minimum Gasteiger partial charge on any atom is -0.452 e. The molecular formula is C17H18N2O6S. The first-order valence-electron chi connectivity index (χ1n) is 7.49. The number of ether oxygens (including phenoxy) is 1. The minimum absolute atomic E-state index is 0.0415. The number of sulfonamides is 1. The van der Waals surface area contributed by atoms with Gasteiger partial charge >= 0.3 is 5.97 Å². The third-order valence-electron chi connectivity index (χ3n) is 3.38. The van der Waals surface area contributed by atoms with Gasteiger partial charge in [-0.2, -0.15) is 0 Å². The number of para-hydroxylation sites is 1. The van der Waals surface area contributed by atoms with Crippen molar-refractivity contribution in [1.82, 2.24) is 4.47 Å². The van der Waals surface area contributed by atoms with E-state index in [9.17, 15) is 18.0 Å². The number of anilines is 1. The summed E-state index contributed by atoms with van der Waals surface area (Å²) in [6.45, 7) is -0.458. The molecule has 0 aliphatic heterocycles. The number of nitrogens with zero attached hydrogens (tertiary/aromatic N) is 1. The first-order chi connectivity index (χ1) is 12.3. The fourth-order valence-corrected chi connectivity index (χ4v) is 2.92. The highest BCUT2D eigenvalue weighted by atomic mass is 32.2. The quantitative estimate of drug-likeness (QED) is 0.581. The van der Waals surface area contributed by atoms with Crippen molar-refractivity contribution in [3.05, 3.63) is 60.2 Å². The molecule has 9 heteroatoms. The van der Waals surface area contributed by atoms with Crippen LogP contribution in [0.5, 0.6) is 0 Å². The van der Waals surface area contributed by atoms with E-state index < -0.39 is 28.5 Å². The number of hydrogen-bond acceptors (Lipinski definition) is 6. The molecule has 0 bridgehead atoms. The van der Waals surface area contributed by atoms with Crippen LogP contribution in [-0.4, -0.2) is 45.5 Å². The van der Waals surface area contributed by atoms with Gasteiger partial charge in [0.15, 0.2) is 6.61 Å². The molecule has 0 saturated carbocycles. The van der Waals surface area contributed by atoms with Crippen LogP contribution in [-0.2, 0) is 24.4 Å². The Balaban J connectivity index is 1.95. The van der Waals surface area contributed by atoms with Crippen molar-refractivity contribution in [2.45, 2.75) is 4.90 Å². The fraction of sp³-hybridized carbons (Fsp3) is 0.176. The zero-order chi connectivity index (χ0) is 19.2. The summed E-state index contributed by atoms with van der Waals surface area (Å²) in [5.41, 5.74) is 0.710. The van der Waals surface area contributed by atoms with E-state index >= 15 is 0 Å². The van der Waals surface area contributed by atoms with Crippen LogP contribution in [0.2, 0.25) is 0 Å². The van der Waals surface area contributed by atoms with E-state index in [1.54, 1.807) is 24.3 Å². The number of hydrogen-bond donors (Lipinski definition) is 1. The van der Waals surface area contributed by atoms with Crippen molar-refractivity contribution in [2.75, 3.05) is 26.1 Å². The Hall–Kier alpha value is -2.75. The van der Waals surface area contributed by atoms with E-state index in [4.69, 9.17) is 4.74 Å². The van der Waals surface area contributed by atoms with E-state index in [1.807, 2.05) is 6.07 Å². The van der Waals surface area contributed by atoms with Gasteiger partial charge in [0, 0.05) is 12.7 Å². The Morgan fingerprint density at radius 2 is 1.65 bits per heavy atom. The average molecular weight is 378 g/mol. The van der Waals surface area contributed by atoms with Crippen LogP contribution in [0, 0.1) is 0 Å². The molecule has 0 unspecified atom stereocenters. The second-order valence-corrected chi connectivity index (χ2v) is 7.05. The maximum atomic E-state index is 12.1. The van der Waals surface area contributed by atoms with Gasteiger partial charge in [-0.1, -0.05) is 22.7 Å². The lowest BCUT2D eigenvalue weighted by Gasteiger charge is -2.14. The molecule has 1 amide bonds. The molecule has 0 fully saturated rings. The Morgan fingerprint density at radius 1 is 1.04 bits per heavy atom. The summed E-state index contributed by atoms with van der Waals surface area (Å²) in [5.74, 6) is -1.22. The van der Waals surface area contributed by atoms with Crippen molar-refractivity contribution < 1.29 is 27.6 Å². The van der Waals surface area contributed by atoms with Crippen molar-refractivity contribution in [3.63, 3.8) is 0 Å². The summed E-state index contributed by atoms with van der Waals surface area (Å²) < 4.78 is 29.8. The first kappa shape index (κ1) is 19.6. The topological polar surface area (TPSA) is 102 Å². The maximum Gasteiger partial charge on any atom is 0.338 e. The first-order valence-corrected chi connectivity index (χ1v) is 8.93. The fourth-order valence-electron chi connectivity index (χ4n) is 1.94. The predicted molar refractivity (Wildman–Crippen MR) is 93.8 cm³/mol. The van der Waals surface area contributed by atoms with Gasteiger partial charge in [-0.3, -0.25) is 9.63 Å². The van der Waals surface area contributed by atoms with Crippen LogP contribution in [0.3, 0.4) is 0 Å². The third-order valence-corrected chi connectivity index (χ3v) is 5.07. The van der Waals surface area contributed by atoms with Crippen molar-refractivity contribution in [2.24, 2.45) is 0 Å². The lowest BCUT2D eigenvalue weighted by Crippen LogP contribution is -2.25. The van der Waals surface area contributed by atoms with Crippen molar-refractivity contribution >= 4 is 27.6 Å². The molecule has 0 aliphatic rings. The molecule has 26 heavy (non-hydrogen) atoms. The summed E-state index contributed by atoms with van der Waals surface area (Å²) in [4.78, 5) is 28.3. The molecule has 2 aromatic carbocycles. The van der Waals surface area contributed by atoms with Crippen LogP contribution in [0.1, 0.15) is 10.4 Å². The van der Waals surface area contributed by atoms with Gasteiger partial charge in [0.1, 0.15) is 0 Å². The maximum absolute atomic E-state index is 12.1. The van der Waals surface area contributed by atoms with Gasteiger partial charge in [0.25, 0.3) is 15.9 Å². The molecule has 0 aliphatic carbocycles. The highest BCUT2D eigenvalue weighted by Crippen LogP contribution is 2.15. The molecule has 0 saturated heterocycles. The number of amides is 1. The van der Waals surface area contributed by atoms with E-state index in [-0.39, 0.29) is 10.5 Å². The number of benzene rings is 2. The standard InChI is InChI=1S/C17H18N2O6S/c1-19(24-2)26(22,23)15-10-8-13(9-11-15)17(21)25-12-16(20)18-14-6-4-3-5-7-14/h3-11H,12H2,1-2H3,(H,18,20). The molecule has 0 spiro atoms. The van der Waals surface area contributed by atoms with E-state index in [1.165, 1.54) is 38.4 Å². The van der Waals surface area contributed by atoms with Gasteiger partial charge in [0.05, 0.1) is 17.6 Å². The lowest BCUT2D eigenvalue weighted by molar-refractivity contribution is -0.119. The van der Waals surface area contributed by atoms with Crippen molar-refractivity contribution in [1.29, 1.82) is 0 Å². The van der Waals surface area contributed by atoms with Gasteiger partial charge in [-0.15, -0.1) is 0 Å². The van der Waals surface area contributed by atoms with Gasteiger partial charge in [-0.05, 0) is 36.4 Å². The summed E-state index contributed by atoms with van der Waals surface area (Å²) in [6, 6.07) is 13.9. The average Bonchev–Trinajstić information content (AvgIpc) is 2.66. The van der Waals surface area contributed by atoms with E-state index in [0.29, 0.717) is 10.2 Å². The number of esters is 1. The molecule has 1 N–H and O–H groups in total. The molecule has 0 radical (unpaired) electrons. The summed E-state index contributed by atoms with van der Waals surface area (Å²) in [5, 5.41) is 2.58. The summed E-state index contributed by atoms with van der Waals surface area (Å²) in [6.07, 6.45) is 0. The Bertz CT molecular complexity index is 866. The van der Waals surface area contributed by atoms with Crippen molar-refractivity contribution in [3.8, 4) is 0 Å². The Labute approximate surface area is 151 Å². The number of rotatable bonds is 7. The lowest BCUT2D eigenvalue weighted by atomic mass is 10.2. The molecule has 2 rings (SSSR count). The van der Waals surface area contributed by atoms with Gasteiger partial charge in [0.2, 0.25) is 0 Å². The SMILES string of the molecule is CON(C)S(=O)(=O)c1ccc(C(=O)OCC(=O)Nc2ccccc2)cc1. The molecule has 0 aromatic heterocycles. The van der Waals surface area contributed by atoms with Crippen LogP contribution >= 0.6 is 0 Å². The minimum atomic E-state index is -3.80. The van der Waals surface area contributed by atoms with Crippen LogP contribution in [0.4, 0.5) is 5.69 Å². The zero-order valence-electron chi connectivity index (χ0n) is 14.2. The number of carbonyl (C=O) groups excluding carboxylic acids is 2. The molecule has 0 heterocycles. The van der Waals surface area contributed by atoms with Gasteiger partial charge < -0.3 is 10.1 Å². The largest absolute Gasteiger partial charge is 0.452 e. The van der Waals surface area contributed by atoms with Crippen LogP contribution in [0.25, 0.3) is 0 Å². The molecule has 138 valence electrons.